The van der Waals surface area contributed by atoms with E-state index >= 15 is 0 Å². The summed E-state index contributed by atoms with van der Waals surface area (Å²) >= 11 is 0. The molecule has 0 aliphatic rings. The van der Waals surface area contributed by atoms with Gasteiger partial charge in [0.1, 0.15) is 5.82 Å². The highest BCUT2D eigenvalue weighted by Gasteiger charge is 2.33. The molecule has 0 saturated heterocycles. The number of benzene rings is 2. The van der Waals surface area contributed by atoms with E-state index < -0.39 is 23.7 Å². The number of hydrogen-bond donors (Lipinski definition) is 2. The SMILES string of the molecule is Cc1cc(N(C)Cc2ccc(C(F)(F)F)c(F)c2)cc(C)c1NC(=O)O. The molecule has 2 rings (SSSR count). The zero-order chi connectivity index (χ0) is 19.6. The van der Waals surface area contributed by atoms with Crippen LogP contribution < -0.4 is 10.2 Å². The first-order valence-corrected chi connectivity index (χ1v) is 7.67. The van der Waals surface area contributed by atoms with Crippen LogP contribution >= 0.6 is 0 Å². The van der Waals surface area contributed by atoms with Crippen LogP contribution in [-0.2, 0) is 12.7 Å². The van der Waals surface area contributed by atoms with E-state index in [0.717, 1.165) is 17.8 Å². The summed E-state index contributed by atoms with van der Waals surface area (Å²) in [5.74, 6) is -1.31. The van der Waals surface area contributed by atoms with Gasteiger partial charge in [-0.2, -0.15) is 13.2 Å². The van der Waals surface area contributed by atoms with Crippen molar-refractivity contribution in [3.05, 3.63) is 58.4 Å². The van der Waals surface area contributed by atoms with Crippen molar-refractivity contribution >= 4 is 17.5 Å². The molecule has 0 radical (unpaired) electrons. The van der Waals surface area contributed by atoms with E-state index in [1.807, 2.05) is 0 Å². The average molecular weight is 370 g/mol. The highest BCUT2D eigenvalue weighted by atomic mass is 19.4. The molecule has 2 aromatic carbocycles. The molecule has 4 nitrogen and oxygen atoms in total. The van der Waals surface area contributed by atoms with Crippen molar-refractivity contribution < 1.29 is 27.5 Å². The Kier molecular flexibility index (Phi) is 5.44. The first-order valence-electron chi connectivity index (χ1n) is 7.67. The van der Waals surface area contributed by atoms with Crippen molar-refractivity contribution in [2.45, 2.75) is 26.6 Å². The van der Waals surface area contributed by atoms with Crippen molar-refractivity contribution in [3.63, 3.8) is 0 Å². The molecule has 8 heteroatoms. The first kappa shape index (κ1) is 19.6. The van der Waals surface area contributed by atoms with Gasteiger partial charge in [-0.25, -0.2) is 9.18 Å². The number of amides is 1. The number of aryl methyl sites for hydroxylation is 2. The number of carbonyl (C=O) groups is 1. The van der Waals surface area contributed by atoms with Crippen molar-refractivity contribution in [3.8, 4) is 0 Å². The predicted octanol–water partition coefficient (Wildman–Crippen LogP) is 5.19. The minimum atomic E-state index is -4.73. The molecule has 0 bridgehead atoms. The van der Waals surface area contributed by atoms with Crippen molar-refractivity contribution in [1.82, 2.24) is 0 Å². The van der Waals surface area contributed by atoms with Gasteiger partial charge >= 0.3 is 12.3 Å². The molecule has 0 aromatic heterocycles. The molecule has 0 heterocycles. The van der Waals surface area contributed by atoms with Crippen LogP contribution in [0.1, 0.15) is 22.3 Å². The molecule has 140 valence electrons. The zero-order valence-electron chi connectivity index (χ0n) is 14.4. The van der Waals surface area contributed by atoms with E-state index in [4.69, 9.17) is 5.11 Å². The summed E-state index contributed by atoms with van der Waals surface area (Å²) in [4.78, 5) is 12.6. The van der Waals surface area contributed by atoms with Crippen LogP contribution in [0.5, 0.6) is 0 Å². The summed E-state index contributed by atoms with van der Waals surface area (Å²) in [7, 11) is 1.72. The summed E-state index contributed by atoms with van der Waals surface area (Å²) in [6, 6.07) is 6.34. The molecular formula is C18H18F4N2O2. The number of carboxylic acid groups (broad SMARTS) is 1. The van der Waals surface area contributed by atoms with Crippen LogP contribution in [0, 0.1) is 19.7 Å². The average Bonchev–Trinajstić information content (AvgIpc) is 2.49. The molecule has 0 aliphatic carbocycles. The van der Waals surface area contributed by atoms with Crippen LogP contribution in [0.2, 0.25) is 0 Å². The Labute approximate surface area is 148 Å². The van der Waals surface area contributed by atoms with E-state index in [2.05, 4.69) is 5.32 Å². The summed E-state index contributed by atoms with van der Waals surface area (Å²) in [5.41, 5.74) is 1.72. The molecule has 0 saturated carbocycles. The normalized spacial score (nSPS) is 11.3. The number of nitrogens with zero attached hydrogens (tertiary/aromatic N) is 1. The van der Waals surface area contributed by atoms with Crippen molar-refractivity contribution in [2.24, 2.45) is 0 Å². The van der Waals surface area contributed by atoms with Gasteiger partial charge in [0.25, 0.3) is 0 Å². The Morgan fingerprint density at radius 3 is 2.19 bits per heavy atom. The van der Waals surface area contributed by atoms with Gasteiger partial charge in [0.2, 0.25) is 0 Å². The maximum absolute atomic E-state index is 13.7. The van der Waals surface area contributed by atoms with Gasteiger partial charge < -0.3 is 10.0 Å². The second kappa shape index (κ2) is 7.23. The zero-order valence-corrected chi connectivity index (χ0v) is 14.4. The smallest absolute Gasteiger partial charge is 0.419 e. The number of halogens is 4. The Balaban J connectivity index is 2.24. The highest BCUT2D eigenvalue weighted by molar-refractivity contribution is 5.86. The van der Waals surface area contributed by atoms with Gasteiger partial charge in [-0.3, -0.25) is 5.32 Å². The van der Waals surface area contributed by atoms with Crippen molar-refractivity contribution in [2.75, 3.05) is 17.3 Å². The molecule has 0 aliphatic heterocycles. The number of alkyl halides is 3. The van der Waals surface area contributed by atoms with E-state index in [-0.39, 0.29) is 6.54 Å². The number of anilines is 2. The largest absolute Gasteiger partial charge is 0.465 e. The van der Waals surface area contributed by atoms with Crippen molar-refractivity contribution in [1.29, 1.82) is 0 Å². The topological polar surface area (TPSA) is 52.6 Å². The lowest BCUT2D eigenvalue weighted by atomic mass is 10.1. The predicted molar refractivity (Wildman–Crippen MR) is 91.1 cm³/mol. The third kappa shape index (κ3) is 4.44. The maximum atomic E-state index is 13.7. The molecule has 0 atom stereocenters. The molecular weight excluding hydrogens is 352 g/mol. The van der Waals surface area contributed by atoms with Gasteiger partial charge in [0, 0.05) is 25.0 Å². The lowest BCUT2D eigenvalue weighted by Crippen LogP contribution is -2.18. The van der Waals surface area contributed by atoms with Crippen LogP contribution in [0.3, 0.4) is 0 Å². The lowest BCUT2D eigenvalue weighted by Gasteiger charge is -2.22. The van der Waals surface area contributed by atoms with Crippen LogP contribution in [0.15, 0.2) is 30.3 Å². The van der Waals surface area contributed by atoms with Gasteiger partial charge in [0.05, 0.1) is 5.56 Å². The monoisotopic (exact) mass is 370 g/mol. The van der Waals surface area contributed by atoms with E-state index in [0.29, 0.717) is 22.4 Å². The van der Waals surface area contributed by atoms with Gasteiger partial charge in [-0.05, 0) is 54.8 Å². The summed E-state index contributed by atoms with van der Waals surface area (Å²) < 4.78 is 51.6. The fraction of sp³-hybridized carbons (Fsp3) is 0.278. The Bertz CT molecular complexity index is 811. The third-order valence-corrected chi connectivity index (χ3v) is 3.95. The molecule has 2 aromatic rings. The van der Waals surface area contributed by atoms with E-state index in [9.17, 15) is 22.4 Å². The standard InChI is InChI=1S/C18H18F4N2O2/c1-10-6-13(7-11(2)16(10)23-17(25)26)24(3)9-12-4-5-14(15(19)8-12)18(20,21)22/h4-8,23H,9H2,1-3H3,(H,25,26). The number of hydrogen-bond acceptors (Lipinski definition) is 2. The quantitative estimate of drug-likeness (QED) is 0.729. The van der Waals surface area contributed by atoms with Crippen LogP contribution in [0.4, 0.5) is 33.7 Å². The second-order valence-electron chi connectivity index (χ2n) is 6.05. The fourth-order valence-electron chi connectivity index (χ4n) is 2.72. The van der Waals surface area contributed by atoms with Gasteiger partial charge in [-0.15, -0.1) is 0 Å². The second-order valence-corrected chi connectivity index (χ2v) is 6.05. The Hall–Kier alpha value is -2.77. The minimum Gasteiger partial charge on any atom is -0.465 e. The van der Waals surface area contributed by atoms with E-state index in [1.165, 1.54) is 6.07 Å². The molecule has 2 N–H and O–H groups in total. The lowest BCUT2D eigenvalue weighted by molar-refractivity contribution is -0.140. The Morgan fingerprint density at radius 1 is 1.15 bits per heavy atom. The molecule has 0 fully saturated rings. The summed E-state index contributed by atoms with van der Waals surface area (Å²) in [6.45, 7) is 3.68. The molecule has 0 unspecified atom stereocenters. The summed E-state index contributed by atoms with van der Waals surface area (Å²) in [5, 5.41) is 11.2. The third-order valence-electron chi connectivity index (χ3n) is 3.95. The van der Waals surface area contributed by atoms with Gasteiger partial charge in [0.15, 0.2) is 0 Å². The molecule has 1 amide bonds. The summed E-state index contributed by atoms with van der Waals surface area (Å²) in [6.07, 6.45) is -5.90. The highest BCUT2D eigenvalue weighted by Crippen LogP contribution is 2.32. The number of rotatable bonds is 4. The Morgan fingerprint density at radius 2 is 1.73 bits per heavy atom. The first-order chi connectivity index (χ1) is 12.0. The fourth-order valence-corrected chi connectivity index (χ4v) is 2.72. The molecule has 0 spiro atoms. The van der Waals surface area contributed by atoms with Gasteiger partial charge in [-0.1, -0.05) is 6.07 Å². The van der Waals surface area contributed by atoms with Crippen LogP contribution in [-0.4, -0.2) is 18.2 Å². The maximum Gasteiger partial charge on any atom is 0.419 e. The van der Waals surface area contributed by atoms with E-state index in [1.54, 1.807) is 37.9 Å². The number of nitrogens with one attached hydrogen (secondary N) is 1. The molecule has 26 heavy (non-hydrogen) atoms. The minimum absolute atomic E-state index is 0.194. The van der Waals surface area contributed by atoms with Crippen LogP contribution in [0.25, 0.3) is 0 Å².